The molecule has 3 aliphatic carbocycles. The Morgan fingerprint density at radius 3 is 1.91 bits per heavy atom. The van der Waals surface area contributed by atoms with Crippen molar-refractivity contribution < 1.29 is 0 Å². The molecule has 7 aliphatic rings. The van der Waals surface area contributed by atoms with Crippen molar-refractivity contribution >= 4 is 0 Å². The summed E-state index contributed by atoms with van der Waals surface area (Å²) < 4.78 is 0. The molecule has 7 rings (SSSR count). The van der Waals surface area contributed by atoms with E-state index in [-0.39, 0.29) is 36.7 Å². The van der Waals surface area contributed by atoms with Crippen LogP contribution in [0.1, 0.15) is 46.5 Å². The van der Waals surface area contributed by atoms with Gasteiger partial charge in [-0.15, -0.1) is 6.58 Å². The second kappa shape index (κ2) is 12.0. The van der Waals surface area contributed by atoms with Crippen molar-refractivity contribution in [1.29, 1.82) is 0 Å². The van der Waals surface area contributed by atoms with E-state index in [1.165, 1.54) is 36.8 Å². The van der Waals surface area contributed by atoms with Crippen LogP contribution in [0.15, 0.2) is 85.6 Å². The summed E-state index contributed by atoms with van der Waals surface area (Å²) in [5.74, 6) is 3.68. The van der Waals surface area contributed by atoms with Crippen LogP contribution in [0.25, 0.3) is 0 Å². The van der Waals surface area contributed by atoms with Crippen LogP contribution < -0.4 is 31.9 Å². The summed E-state index contributed by atoms with van der Waals surface area (Å²) in [5, 5.41) is 25.3. The van der Waals surface area contributed by atoms with Gasteiger partial charge in [0.05, 0.1) is 24.7 Å². The molecule has 0 radical (unpaired) electrons. The van der Waals surface area contributed by atoms with E-state index in [4.69, 9.17) is 0 Å². The van der Waals surface area contributed by atoms with Crippen LogP contribution in [-0.2, 0) is 0 Å². The Morgan fingerprint density at radius 1 is 0.651 bits per heavy atom. The second-order valence-corrected chi connectivity index (χ2v) is 14.3. The molecular formula is C37H54N6. The molecule has 0 aromatic carbocycles. The van der Waals surface area contributed by atoms with Gasteiger partial charge in [-0.05, 0) is 61.5 Å². The standard InChI is InChI=1S/C37H54N6/c1-7-12-17-23-20(6)34-38-31-24(15-8-2)21(10-4)30-28(31)29-32(25-18-13-14-19-26(25)33(29)41-36(23)42-34)40-35-22(11-5)27(16-9-3)37(39-30)43-35/h7-12,15-17,20,22-23,25-43H,1,4-5,13-14,18-19H2,2-3,6H3/b15-8-,16-9-,17-12-. The molecule has 43 heavy (non-hydrogen) atoms. The van der Waals surface area contributed by atoms with Crippen LogP contribution in [0, 0.1) is 47.3 Å². The molecule has 6 fully saturated rings. The first-order chi connectivity index (χ1) is 21.0. The molecule has 0 spiro atoms. The lowest BCUT2D eigenvalue weighted by molar-refractivity contribution is 0.144. The lowest BCUT2D eigenvalue weighted by Gasteiger charge is -2.43. The zero-order valence-electron chi connectivity index (χ0n) is 26.4. The maximum absolute atomic E-state index is 4.43. The van der Waals surface area contributed by atoms with Crippen molar-refractivity contribution in [2.75, 3.05) is 0 Å². The monoisotopic (exact) mass is 582 g/mol. The number of rotatable bonds is 6. The second-order valence-electron chi connectivity index (χ2n) is 14.3. The smallest absolute Gasteiger partial charge is 0.0660 e. The number of nitrogens with one attached hydrogen (secondary N) is 6. The van der Waals surface area contributed by atoms with Gasteiger partial charge in [-0.25, -0.2) is 0 Å². The highest BCUT2D eigenvalue weighted by atomic mass is 15.3. The molecule has 4 aliphatic heterocycles. The van der Waals surface area contributed by atoms with Crippen molar-refractivity contribution in [3.63, 3.8) is 0 Å². The molecule has 6 nitrogen and oxygen atoms in total. The third-order valence-electron chi connectivity index (χ3n) is 12.5. The SMILES string of the molecule is C=C/C=C\C1C2NC(NC3C(/C=C\C)=C(C=C)C4NC5NC(NC6C7CCCCC7C(N2)C6C43)C(C=C)C5/C=C\C)C1C. The predicted molar refractivity (Wildman–Crippen MR) is 178 cm³/mol. The van der Waals surface area contributed by atoms with Crippen LogP contribution in [0.4, 0.5) is 0 Å². The summed E-state index contributed by atoms with van der Waals surface area (Å²) in [7, 11) is 0. The number of allylic oxidation sites excluding steroid dienone is 4. The molecular weight excluding hydrogens is 528 g/mol. The Labute approximate surface area is 259 Å². The lowest BCUT2D eigenvalue weighted by atomic mass is 9.74. The minimum atomic E-state index is 0.157. The summed E-state index contributed by atoms with van der Waals surface area (Å²) in [6.07, 6.45) is 26.1. The minimum absolute atomic E-state index is 0.157. The van der Waals surface area contributed by atoms with E-state index < -0.39 is 0 Å². The van der Waals surface area contributed by atoms with Crippen LogP contribution in [0.3, 0.4) is 0 Å². The highest BCUT2D eigenvalue weighted by molar-refractivity contribution is 5.48. The van der Waals surface area contributed by atoms with Crippen LogP contribution in [-0.4, -0.2) is 48.8 Å². The predicted octanol–water partition coefficient (Wildman–Crippen LogP) is 4.47. The first-order valence-corrected chi connectivity index (χ1v) is 17.1. The summed E-state index contributed by atoms with van der Waals surface area (Å²) in [5.41, 5.74) is 2.77. The van der Waals surface area contributed by atoms with Crippen LogP contribution in [0.5, 0.6) is 0 Å². The van der Waals surface area contributed by atoms with Crippen molar-refractivity contribution in [2.24, 2.45) is 47.3 Å². The molecule has 6 heteroatoms. The third kappa shape index (κ3) is 4.67. The van der Waals surface area contributed by atoms with Crippen molar-refractivity contribution in [3.05, 3.63) is 85.6 Å². The van der Waals surface area contributed by atoms with E-state index in [9.17, 15) is 0 Å². The number of hydrogen-bond donors (Lipinski definition) is 6. The van der Waals surface area contributed by atoms with Crippen molar-refractivity contribution in [3.8, 4) is 0 Å². The zero-order chi connectivity index (χ0) is 29.8. The highest BCUT2D eigenvalue weighted by Crippen LogP contribution is 2.54. The molecule has 6 N–H and O–H groups in total. The zero-order valence-corrected chi connectivity index (χ0v) is 26.4. The molecule has 4 heterocycles. The maximum atomic E-state index is 4.43. The molecule has 4 saturated heterocycles. The van der Waals surface area contributed by atoms with Crippen LogP contribution in [0.2, 0.25) is 0 Å². The van der Waals surface area contributed by atoms with Gasteiger partial charge in [0.1, 0.15) is 0 Å². The lowest BCUT2D eigenvalue weighted by Crippen LogP contribution is -2.59. The van der Waals surface area contributed by atoms with Gasteiger partial charge in [-0.3, -0.25) is 31.9 Å². The molecule has 0 amide bonds. The van der Waals surface area contributed by atoms with E-state index in [0.717, 1.165) is 0 Å². The Kier molecular flexibility index (Phi) is 8.30. The topological polar surface area (TPSA) is 72.2 Å². The van der Waals surface area contributed by atoms with E-state index in [1.54, 1.807) is 0 Å². The molecule has 16 atom stereocenters. The molecule has 0 aromatic heterocycles. The highest BCUT2D eigenvalue weighted by Gasteiger charge is 2.62. The van der Waals surface area contributed by atoms with Crippen molar-refractivity contribution in [2.45, 2.75) is 95.3 Å². The van der Waals surface area contributed by atoms with Gasteiger partial charge in [-0.2, -0.15) is 0 Å². The molecule has 2 saturated carbocycles. The quantitative estimate of drug-likeness (QED) is 0.205. The van der Waals surface area contributed by atoms with Gasteiger partial charge in [-0.1, -0.05) is 87.6 Å². The van der Waals surface area contributed by atoms with Gasteiger partial charge in [0.2, 0.25) is 0 Å². The van der Waals surface area contributed by atoms with E-state index >= 15 is 0 Å². The van der Waals surface area contributed by atoms with E-state index in [1.807, 2.05) is 6.08 Å². The average Bonchev–Trinajstić information content (AvgIpc) is 3.70. The fraction of sp³-hybridized carbons (Fsp3) is 0.622. The normalized spacial score (nSPS) is 50.6. The maximum Gasteiger partial charge on any atom is 0.0660 e. The van der Waals surface area contributed by atoms with Gasteiger partial charge in [0.15, 0.2) is 0 Å². The van der Waals surface area contributed by atoms with E-state index in [2.05, 4.69) is 121 Å². The minimum Gasteiger partial charge on any atom is -0.298 e. The molecule has 4 bridgehead atoms. The van der Waals surface area contributed by atoms with Gasteiger partial charge < -0.3 is 0 Å². The molecule has 16 unspecified atom stereocenters. The number of fused-ring (bicyclic) bond motifs is 7. The van der Waals surface area contributed by atoms with Crippen LogP contribution >= 0.6 is 0 Å². The Morgan fingerprint density at radius 2 is 1.28 bits per heavy atom. The Balaban J connectivity index is 1.41. The third-order valence-corrected chi connectivity index (χ3v) is 12.5. The Hall–Kier alpha value is -2.06. The summed E-state index contributed by atoms with van der Waals surface area (Å²) >= 11 is 0. The summed E-state index contributed by atoms with van der Waals surface area (Å²) in [6.45, 7) is 19.5. The fourth-order valence-electron chi connectivity index (χ4n) is 10.8. The molecule has 0 aromatic rings. The van der Waals surface area contributed by atoms with Gasteiger partial charge >= 0.3 is 0 Å². The van der Waals surface area contributed by atoms with E-state index in [0.29, 0.717) is 59.4 Å². The Bertz CT molecular complexity index is 1220. The average molecular weight is 583 g/mol. The summed E-state index contributed by atoms with van der Waals surface area (Å²) in [4.78, 5) is 0. The number of hydrogen-bond acceptors (Lipinski definition) is 6. The first kappa shape index (κ1) is 29.6. The van der Waals surface area contributed by atoms with Gasteiger partial charge in [0.25, 0.3) is 0 Å². The largest absolute Gasteiger partial charge is 0.298 e. The summed E-state index contributed by atoms with van der Waals surface area (Å²) in [6, 6.07) is 1.30. The first-order valence-electron chi connectivity index (χ1n) is 17.1. The van der Waals surface area contributed by atoms with Crippen molar-refractivity contribution in [1.82, 2.24) is 31.9 Å². The fourth-order valence-corrected chi connectivity index (χ4v) is 10.8. The molecule has 232 valence electrons. The van der Waals surface area contributed by atoms with Gasteiger partial charge in [0, 0.05) is 47.8 Å².